The average molecular weight is 466 g/mol. The topological polar surface area (TPSA) is 90.0 Å². The molecular weight excluding hydrogens is 447 g/mol. The summed E-state index contributed by atoms with van der Waals surface area (Å²) in [6, 6.07) is 4.69. The molecule has 1 aliphatic rings. The molecule has 12 heteroatoms. The predicted octanol–water partition coefficient (Wildman–Crippen LogP) is 3.61. The third-order valence-electron chi connectivity index (χ3n) is 5.22. The lowest BCUT2D eigenvalue weighted by Gasteiger charge is -2.13. The second-order valence-electron chi connectivity index (χ2n) is 7.65. The lowest BCUT2D eigenvalue weighted by molar-refractivity contribution is -0.138. The summed E-state index contributed by atoms with van der Waals surface area (Å²) in [7, 11) is 3.04. The number of aryl methyl sites for hydroxylation is 2. The molecule has 1 aliphatic carbocycles. The van der Waals surface area contributed by atoms with Crippen LogP contribution in [0.3, 0.4) is 0 Å². The Morgan fingerprint density at radius 1 is 1.34 bits per heavy atom. The zero-order valence-electron chi connectivity index (χ0n) is 17.4. The molecule has 1 aromatic carbocycles. The number of hydrogen-bond donors (Lipinski definition) is 1. The molecule has 0 saturated heterocycles. The van der Waals surface area contributed by atoms with Crippen LogP contribution in [0.4, 0.5) is 13.2 Å². The Kier molecular flexibility index (Phi) is 5.32. The highest BCUT2D eigenvalue weighted by Gasteiger charge is 2.43. The molecule has 1 amide bonds. The van der Waals surface area contributed by atoms with Crippen molar-refractivity contribution < 1.29 is 18.0 Å². The lowest BCUT2D eigenvalue weighted by Crippen LogP contribution is -2.38. The molecule has 168 valence electrons. The molecule has 0 atom stereocenters. The molecule has 0 radical (unpaired) electrons. The van der Waals surface area contributed by atoms with Crippen LogP contribution in [0, 0.1) is 6.92 Å². The predicted molar refractivity (Wildman–Crippen MR) is 112 cm³/mol. The molecule has 0 spiro atoms. The van der Waals surface area contributed by atoms with Gasteiger partial charge >= 0.3 is 6.18 Å². The minimum absolute atomic E-state index is 0.165. The Bertz CT molecular complexity index is 1220. The molecule has 4 rings (SSSR count). The van der Waals surface area contributed by atoms with Gasteiger partial charge in [0.15, 0.2) is 5.82 Å². The van der Waals surface area contributed by atoms with Gasteiger partial charge in [0.25, 0.3) is 5.91 Å². The van der Waals surface area contributed by atoms with Crippen LogP contribution in [0.5, 0.6) is 0 Å². The molecule has 1 saturated carbocycles. The molecule has 0 aliphatic heterocycles. The number of hydrogen-bond acceptors (Lipinski definition) is 5. The maximum absolute atomic E-state index is 13.5. The SMILES string of the molecule is C/N=C/C1(NC(=O)c2cc(-c3cn(-c4c(C(F)(F)F)c(C)nn4C)nn3)ccc2Cl)CC1. The molecule has 8 nitrogen and oxygen atoms in total. The molecule has 2 heterocycles. The number of nitrogens with zero attached hydrogens (tertiary/aromatic N) is 6. The first-order valence-corrected chi connectivity index (χ1v) is 10.0. The summed E-state index contributed by atoms with van der Waals surface area (Å²) >= 11 is 6.23. The van der Waals surface area contributed by atoms with Crippen molar-refractivity contribution in [3.8, 4) is 17.1 Å². The maximum Gasteiger partial charge on any atom is 0.421 e. The van der Waals surface area contributed by atoms with Crippen molar-refractivity contribution in [1.82, 2.24) is 30.1 Å². The summed E-state index contributed by atoms with van der Waals surface area (Å²) in [6.45, 7) is 1.28. The molecule has 3 aromatic rings. The van der Waals surface area contributed by atoms with E-state index in [0.717, 1.165) is 22.2 Å². The summed E-state index contributed by atoms with van der Waals surface area (Å²) < 4.78 is 42.7. The van der Waals surface area contributed by atoms with E-state index < -0.39 is 17.3 Å². The molecule has 2 aromatic heterocycles. The van der Waals surface area contributed by atoms with Gasteiger partial charge in [0.05, 0.1) is 28.0 Å². The van der Waals surface area contributed by atoms with Crippen LogP contribution in [-0.2, 0) is 13.2 Å². The van der Waals surface area contributed by atoms with Crippen molar-refractivity contribution in [2.24, 2.45) is 12.0 Å². The fraction of sp³-hybridized carbons (Fsp3) is 0.350. The van der Waals surface area contributed by atoms with Crippen LogP contribution in [0.15, 0.2) is 29.4 Å². The molecule has 32 heavy (non-hydrogen) atoms. The highest BCUT2D eigenvalue weighted by Crippen LogP contribution is 2.37. The van der Waals surface area contributed by atoms with Crippen molar-refractivity contribution in [2.45, 2.75) is 31.5 Å². The lowest BCUT2D eigenvalue weighted by atomic mass is 10.1. The van der Waals surface area contributed by atoms with Gasteiger partial charge in [-0.3, -0.25) is 14.5 Å². The van der Waals surface area contributed by atoms with E-state index in [1.165, 1.54) is 32.3 Å². The first-order valence-electron chi connectivity index (χ1n) is 9.64. The maximum atomic E-state index is 13.5. The highest BCUT2D eigenvalue weighted by atomic mass is 35.5. The minimum Gasteiger partial charge on any atom is -0.342 e. The van der Waals surface area contributed by atoms with Crippen molar-refractivity contribution in [2.75, 3.05) is 7.05 Å². The number of nitrogens with one attached hydrogen (secondary N) is 1. The summed E-state index contributed by atoms with van der Waals surface area (Å²) in [6.07, 6.45) is 0.0116. The third-order valence-corrected chi connectivity index (χ3v) is 5.55. The highest BCUT2D eigenvalue weighted by molar-refractivity contribution is 6.34. The van der Waals surface area contributed by atoms with E-state index in [4.69, 9.17) is 11.6 Å². The standard InChI is InChI=1S/C20H19ClF3N7O/c1-11-16(20(22,23)24)18(30(3)28-11)31-9-15(27-29-31)12-4-5-14(21)13(8-12)17(32)26-19(6-7-19)10-25-2/h4-5,8-10H,6-7H2,1-3H3,(H,26,32)/b25-10+. The van der Waals surface area contributed by atoms with Crippen LogP contribution in [0.2, 0.25) is 5.02 Å². The second kappa shape index (κ2) is 7.73. The van der Waals surface area contributed by atoms with Gasteiger partial charge in [-0.2, -0.15) is 18.3 Å². The number of alkyl halides is 3. The van der Waals surface area contributed by atoms with E-state index in [9.17, 15) is 18.0 Å². The van der Waals surface area contributed by atoms with E-state index in [-0.39, 0.29) is 33.7 Å². The smallest absolute Gasteiger partial charge is 0.342 e. The number of aliphatic imine (C=N–C) groups is 1. The molecular formula is C20H19ClF3N7O. The van der Waals surface area contributed by atoms with Gasteiger partial charge in [0.2, 0.25) is 0 Å². The largest absolute Gasteiger partial charge is 0.421 e. The van der Waals surface area contributed by atoms with Crippen LogP contribution >= 0.6 is 11.6 Å². The zero-order valence-corrected chi connectivity index (χ0v) is 18.2. The minimum atomic E-state index is -4.61. The Hall–Kier alpha value is -3.21. The van der Waals surface area contributed by atoms with Gasteiger partial charge in [0, 0.05) is 25.9 Å². The Balaban J connectivity index is 1.68. The summed E-state index contributed by atoms with van der Waals surface area (Å²) in [5, 5.41) is 14.9. The average Bonchev–Trinajstić information content (AvgIpc) is 3.14. The fourth-order valence-electron chi connectivity index (χ4n) is 3.56. The normalized spacial score (nSPS) is 15.3. The number of carbonyl (C=O) groups excluding carboxylic acids is 1. The Morgan fingerprint density at radius 2 is 2.06 bits per heavy atom. The number of halogens is 4. The van der Waals surface area contributed by atoms with Crippen molar-refractivity contribution in [1.29, 1.82) is 0 Å². The molecule has 0 unspecified atom stereocenters. The van der Waals surface area contributed by atoms with E-state index in [2.05, 4.69) is 25.7 Å². The van der Waals surface area contributed by atoms with Crippen molar-refractivity contribution >= 4 is 23.7 Å². The second-order valence-corrected chi connectivity index (χ2v) is 8.05. The van der Waals surface area contributed by atoms with Gasteiger partial charge in [0.1, 0.15) is 11.3 Å². The van der Waals surface area contributed by atoms with Gasteiger partial charge in [-0.05, 0) is 31.9 Å². The van der Waals surface area contributed by atoms with Gasteiger partial charge in [-0.25, -0.2) is 4.68 Å². The number of aromatic nitrogens is 5. The van der Waals surface area contributed by atoms with E-state index in [1.807, 2.05) is 0 Å². The van der Waals surface area contributed by atoms with Crippen molar-refractivity contribution in [3.05, 3.63) is 46.2 Å². The van der Waals surface area contributed by atoms with Gasteiger partial charge < -0.3 is 5.32 Å². The van der Waals surface area contributed by atoms with Crippen LogP contribution in [0.25, 0.3) is 17.1 Å². The van der Waals surface area contributed by atoms with Crippen LogP contribution < -0.4 is 5.32 Å². The first-order chi connectivity index (χ1) is 15.0. The number of rotatable bonds is 5. The molecule has 1 N–H and O–H groups in total. The van der Waals surface area contributed by atoms with Crippen LogP contribution in [0.1, 0.15) is 34.5 Å². The van der Waals surface area contributed by atoms with Gasteiger partial charge in [-0.15, -0.1) is 5.10 Å². The number of carbonyl (C=O) groups is 1. The van der Waals surface area contributed by atoms with E-state index >= 15 is 0 Å². The fourth-order valence-corrected chi connectivity index (χ4v) is 3.76. The number of amides is 1. The molecule has 1 fully saturated rings. The van der Waals surface area contributed by atoms with Gasteiger partial charge in [-0.1, -0.05) is 22.9 Å². The van der Waals surface area contributed by atoms with E-state index in [1.54, 1.807) is 19.3 Å². The van der Waals surface area contributed by atoms with Crippen LogP contribution in [-0.4, -0.2) is 49.5 Å². The summed E-state index contributed by atoms with van der Waals surface area (Å²) in [5.74, 6) is -0.626. The molecule has 0 bridgehead atoms. The summed E-state index contributed by atoms with van der Waals surface area (Å²) in [5.41, 5.74) is -0.533. The quantitative estimate of drug-likeness (QED) is 0.583. The zero-order chi connectivity index (χ0) is 23.3. The number of benzene rings is 1. The Labute approximate surface area is 186 Å². The Morgan fingerprint density at radius 3 is 2.69 bits per heavy atom. The third kappa shape index (κ3) is 3.99. The first kappa shape index (κ1) is 22.0. The summed E-state index contributed by atoms with van der Waals surface area (Å²) in [4.78, 5) is 16.8. The van der Waals surface area contributed by atoms with E-state index in [0.29, 0.717) is 5.56 Å². The monoisotopic (exact) mass is 465 g/mol. The van der Waals surface area contributed by atoms with Crippen molar-refractivity contribution in [3.63, 3.8) is 0 Å².